The van der Waals surface area contributed by atoms with Crippen LogP contribution in [0.25, 0.3) is 5.78 Å². The zero-order valence-corrected chi connectivity index (χ0v) is 26.2. The molecule has 2 aliphatic rings. The molecule has 0 unspecified atom stereocenters. The maximum absolute atomic E-state index is 14.1. The predicted molar refractivity (Wildman–Crippen MR) is 165 cm³/mol. The Morgan fingerprint density at radius 1 is 1.19 bits per heavy atom. The van der Waals surface area contributed by atoms with Crippen molar-refractivity contribution < 1.29 is 37.7 Å². The Labute approximate surface area is 275 Å². The average Bonchev–Trinajstić information content (AvgIpc) is 3.48. The van der Waals surface area contributed by atoms with Gasteiger partial charge in [0.1, 0.15) is 17.9 Å². The molecule has 0 aliphatic carbocycles. The quantitative estimate of drug-likeness (QED) is 0.226. The Kier molecular flexibility index (Phi) is 8.78. The number of aryl methyl sites for hydroxylation is 1. The normalized spacial score (nSPS) is 15.8. The number of amides is 2. The molecule has 1 saturated heterocycles. The molecule has 0 saturated carbocycles. The van der Waals surface area contributed by atoms with Gasteiger partial charge in [0.25, 0.3) is 11.5 Å². The third kappa shape index (κ3) is 6.04. The third-order valence-electron chi connectivity index (χ3n) is 8.48. The summed E-state index contributed by atoms with van der Waals surface area (Å²) in [5, 5.41) is 29.0. The molecule has 0 bridgehead atoms. The molecule has 254 valence electrons. The van der Waals surface area contributed by atoms with E-state index in [0.29, 0.717) is 17.3 Å². The van der Waals surface area contributed by atoms with Gasteiger partial charge in [-0.25, -0.2) is 4.98 Å². The largest absolute Gasteiger partial charge is 0.505 e. The van der Waals surface area contributed by atoms with Crippen LogP contribution in [0.3, 0.4) is 0 Å². The van der Waals surface area contributed by atoms with E-state index < -0.39 is 41.3 Å². The molecule has 18 heteroatoms. The lowest BCUT2D eigenvalue weighted by Crippen LogP contribution is -2.52. The molecule has 1 spiro atoms. The molecule has 2 aliphatic heterocycles. The number of aliphatic hydroxyl groups excluding tert-OH is 1. The Morgan fingerprint density at radius 2 is 1.94 bits per heavy atom. The topological polar surface area (TPSA) is 176 Å². The summed E-state index contributed by atoms with van der Waals surface area (Å²) in [5.41, 5.74) is -1.60. The van der Waals surface area contributed by atoms with Crippen molar-refractivity contribution in [2.45, 2.75) is 44.5 Å². The molecule has 1 fully saturated rings. The smallest absolute Gasteiger partial charge is 0.416 e. The molecule has 1 aromatic carbocycles. The second-order valence-electron chi connectivity index (χ2n) is 11.5. The van der Waals surface area contributed by atoms with E-state index in [9.17, 15) is 37.8 Å². The lowest BCUT2D eigenvalue weighted by molar-refractivity contribution is -0.137. The Morgan fingerprint density at radius 3 is 2.62 bits per heavy atom. The summed E-state index contributed by atoms with van der Waals surface area (Å²) < 4.78 is 48.2. The highest BCUT2D eigenvalue weighted by atomic mass is 35.5. The van der Waals surface area contributed by atoms with E-state index in [0.717, 1.165) is 16.6 Å². The number of halogens is 4. The van der Waals surface area contributed by atoms with Gasteiger partial charge in [-0.05, 0) is 49.6 Å². The lowest BCUT2D eigenvalue weighted by atomic mass is 9.81. The fourth-order valence-electron chi connectivity index (χ4n) is 6.09. The zero-order chi connectivity index (χ0) is 34.4. The summed E-state index contributed by atoms with van der Waals surface area (Å²) in [7, 11) is 0. The van der Waals surface area contributed by atoms with Gasteiger partial charge in [0.05, 0.1) is 35.1 Å². The number of aliphatic hydroxyl groups is 1. The SMILES string of the molecule is Cc1ccnc(C(=O)N2CCC3(CC2)OCCc2c3c(=O)n3nc(NCCO)nc3n2CC(=O)Nc2ccc(C(F)(F)F)cc2Cl)c1O. The van der Waals surface area contributed by atoms with E-state index >= 15 is 0 Å². The van der Waals surface area contributed by atoms with Crippen LogP contribution in [0, 0.1) is 6.92 Å². The summed E-state index contributed by atoms with van der Waals surface area (Å²) in [6.07, 6.45) is -2.56. The molecule has 4 N–H and O–H groups in total. The number of nitrogens with one attached hydrogen (secondary N) is 2. The minimum absolute atomic E-state index is 0.0125. The number of rotatable bonds is 7. The van der Waals surface area contributed by atoms with Gasteiger partial charge >= 0.3 is 6.18 Å². The van der Waals surface area contributed by atoms with Gasteiger partial charge in [-0.2, -0.15) is 22.7 Å². The molecule has 48 heavy (non-hydrogen) atoms. The van der Waals surface area contributed by atoms with Crippen LogP contribution in [0.2, 0.25) is 5.02 Å². The Hall–Kier alpha value is -4.74. The van der Waals surface area contributed by atoms with Crippen LogP contribution in [0.5, 0.6) is 5.75 Å². The summed E-state index contributed by atoms with van der Waals surface area (Å²) in [5.74, 6) is -1.31. The van der Waals surface area contributed by atoms with Crippen molar-refractivity contribution in [3.63, 3.8) is 0 Å². The fourth-order valence-corrected chi connectivity index (χ4v) is 6.32. The number of carbonyl (C=O) groups is 2. The van der Waals surface area contributed by atoms with E-state index in [2.05, 4.69) is 25.7 Å². The van der Waals surface area contributed by atoms with E-state index in [1.165, 1.54) is 15.7 Å². The van der Waals surface area contributed by atoms with E-state index in [1.807, 2.05) is 0 Å². The van der Waals surface area contributed by atoms with Crippen LogP contribution in [0.4, 0.5) is 24.8 Å². The first kappa shape index (κ1) is 33.2. The van der Waals surface area contributed by atoms with Gasteiger partial charge in [-0.15, -0.1) is 5.10 Å². The number of anilines is 2. The maximum Gasteiger partial charge on any atom is 0.416 e. The first-order valence-corrected chi connectivity index (χ1v) is 15.3. The van der Waals surface area contributed by atoms with Gasteiger partial charge in [0.2, 0.25) is 17.6 Å². The standard InChI is InChI=1S/C30H30ClF3N8O6/c1-16-4-8-35-23(24(16)45)26(47)40-10-6-29(7-11-40)22-20(5-13-48-29)41(28-38-27(36-9-12-43)39-42(28)25(22)46)15-21(44)37-19-3-2-17(14-18(19)31)30(32,33)34/h2-4,8,14,43,45H,5-7,9-13,15H2,1H3,(H,36,39)(H,37,44). The highest BCUT2D eigenvalue weighted by Gasteiger charge is 2.46. The van der Waals surface area contributed by atoms with E-state index in [-0.39, 0.29) is 91.6 Å². The van der Waals surface area contributed by atoms with Crippen LogP contribution in [-0.4, -0.2) is 83.9 Å². The van der Waals surface area contributed by atoms with Crippen molar-refractivity contribution >= 4 is 40.8 Å². The van der Waals surface area contributed by atoms with Gasteiger partial charge in [0.15, 0.2) is 5.69 Å². The average molecular weight is 691 g/mol. The van der Waals surface area contributed by atoms with Crippen molar-refractivity contribution in [1.29, 1.82) is 0 Å². The highest BCUT2D eigenvalue weighted by molar-refractivity contribution is 6.33. The first-order valence-electron chi connectivity index (χ1n) is 14.9. The zero-order valence-electron chi connectivity index (χ0n) is 25.5. The summed E-state index contributed by atoms with van der Waals surface area (Å²) in [4.78, 5) is 50.7. The van der Waals surface area contributed by atoms with Crippen LogP contribution in [0.1, 0.15) is 45.7 Å². The predicted octanol–water partition coefficient (Wildman–Crippen LogP) is 2.72. The van der Waals surface area contributed by atoms with Crippen molar-refractivity contribution in [2.75, 3.05) is 43.5 Å². The number of aromatic nitrogens is 5. The number of hydrogen-bond donors (Lipinski definition) is 4. The minimum atomic E-state index is -4.62. The molecule has 4 aromatic rings. The number of fused-ring (bicyclic) bond motifs is 3. The number of pyridine rings is 1. The van der Waals surface area contributed by atoms with Gasteiger partial charge in [0, 0.05) is 37.9 Å². The summed E-state index contributed by atoms with van der Waals surface area (Å²) in [6.45, 7) is 1.59. The first-order chi connectivity index (χ1) is 22.8. The number of benzene rings is 1. The van der Waals surface area contributed by atoms with E-state index in [4.69, 9.17) is 16.3 Å². The maximum atomic E-state index is 14.1. The second-order valence-corrected chi connectivity index (χ2v) is 11.9. The Balaban J connectivity index is 1.35. The molecular formula is C30H30ClF3N8O6. The number of carbonyl (C=O) groups excluding carboxylic acids is 2. The summed E-state index contributed by atoms with van der Waals surface area (Å²) in [6, 6.07) is 4.15. The molecule has 5 heterocycles. The molecule has 0 atom stereocenters. The summed E-state index contributed by atoms with van der Waals surface area (Å²) >= 11 is 6.07. The highest BCUT2D eigenvalue weighted by Crippen LogP contribution is 2.41. The number of nitrogens with zero attached hydrogens (tertiary/aromatic N) is 6. The van der Waals surface area contributed by atoms with Crippen LogP contribution in [0.15, 0.2) is 35.3 Å². The molecule has 14 nitrogen and oxygen atoms in total. The molecule has 2 amide bonds. The van der Waals surface area contributed by atoms with E-state index in [1.54, 1.807) is 13.0 Å². The monoisotopic (exact) mass is 690 g/mol. The van der Waals surface area contributed by atoms with Gasteiger partial charge < -0.3 is 35.1 Å². The number of ether oxygens (including phenoxy) is 1. The Bertz CT molecular complexity index is 1970. The minimum Gasteiger partial charge on any atom is -0.505 e. The lowest BCUT2D eigenvalue weighted by Gasteiger charge is -2.44. The molecule has 3 aromatic heterocycles. The molecular weight excluding hydrogens is 661 g/mol. The van der Waals surface area contributed by atoms with Crippen LogP contribution in [-0.2, 0) is 34.3 Å². The third-order valence-corrected chi connectivity index (χ3v) is 8.79. The van der Waals surface area contributed by atoms with Crippen molar-refractivity contribution in [3.05, 3.63) is 73.9 Å². The molecule has 0 radical (unpaired) electrons. The number of aromatic hydroxyl groups is 1. The number of alkyl halides is 3. The van der Waals surface area contributed by atoms with Crippen molar-refractivity contribution in [2.24, 2.45) is 0 Å². The fraction of sp³-hybridized carbons (Fsp3) is 0.400. The van der Waals surface area contributed by atoms with Gasteiger partial charge in [-0.3, -0.25) is 14.4 Å². The number of piperidine rings is 1. The number of hydrogen-bond acceptors (Lipinski definition) is 10. The van der Waals surface area contributed by atoms with Crippen LogP contribution >= 0.6 is 11.6 Å². The second kappa shape index (κ2) is 12.7. The van der Waals surface area contributed by atoms with Crippen molar-refractivity contribution in [3.8, 4) is 5.75 Å². The van der Waals surface area contributed by atoms with Gasteiger partial charge in [-0.1, -0.05) is 11.6 Å². The number of likely N-dealkylation sites (tertiary alicyclic amines) is 1. The van der Waals surface area contributed by atoms with Crippen molar-refractivity contribution in [1.82, 2.24) is 29.0 Å². The van der Waals surface area contributed by atoms with Crippen LogP contribution < -0.4 is 16.2 Å². The molecule has 6 rings (SSSR count).